The minimum absolute atomic E-state index is 0.00850. The number of halogens is 4. The van der Waals surface area contributed by atoms with Crippen molar-refractivity contribution in [3.8, 4) is 5.69 Å². The van der Waals surface area contributed by atoms with E-state index in [-0.39, 0.29) is 21.9 Å². The minimum atomic E-state index is -0.801. The number of hydrogen-bond acceptors (Lipinski definition) is 0. The number of aromatic nitrogens is 1. The molecule has 1 heterocycles. The Morgan fingerprint density at radius 1 is 0.667 bits per heavy atom. The van der Waals surface area contributed by atoms with Crippen LogP contribution in [-0.4, -0.2) is 4.57 Å². The van der Waals surface area contributed by atoms with Gasteiger partial charge >= 0.3 is 0 Å². The predicted octanol–water partition coefficient (Wildman–Crippen LogP) is 6.57. The highest BCUT2D eigenvalue weighted by molar-refractivity contribution is 6.11. The van der Waals surface area contributed by atoms with Crippen LogP contribution in [0.5, 0.6) is 0 Å². The first-order chi connectivity index (χ1) is 12.7. The summed E-state index contributed by atoms with van der Waals surface area (Å²) in [6, 6.07) is 7.37. The third kappa shape index (κ3) is 2.37. The van der Waals surface area contributed by atoms with Crippen LogP contribution < -0.4 is 0 Å². The van der Waals surface area contributed by atoms with Crippen molar-refractivity contribution in [2.45, 2.75) is 27.7 Å². The topological polar surface area (TPSA) is 4.93 Å². The highest BCUT2D eigenvalue weighted by atomic mass is 19.1. The summed E-state index contributed by atoms with van der Waals surface area (Å²) < 4.78 is 60.1. The molecule has 27 heavy (non-hydrogen) atoms. The fourth-order valence-electron chi connectivity index (χ4n) is 3.70. The number of nitrogens with zero attached hydrogens (tertiary/aromatic N) is 1. The van der Waals surface area contributed by atoms with Gasteiger partial charge in [-0.25, -0.2) is 17.6 Å². The fourth-order valence-corrected chi connectivity index (χ4v) is 3.70. The third-order valence-electron chi connectivity index (χ3n) is 5.16. The Balaban J connectivity index is 2.33. The van der Waals surface area contributed by atoms with Crippen LogP contribution in [0.2, 0.25) is 0 Å². The van der Waals surface area contributed by atoms with Crippen LogP contribution in [0.25, 0.3) is 27.5 Å². The van der Waals surface area contributed by atoms with Crippen LogP contribution in [0.1, 0.15) is 22.3 Å². The summed E-state index contributed by atoms with van der Waals surface area (Å²) in [5, 5.41) is 0.0956. The van der Waals surface area contributed by atoms with E-state index in [1.807, 2.05) is 0 Å². The van der Waals surface area contributed by atoms with Crippen molar-refractivity contribution in [2.75, 3.05) is 0 Å². The first-order valence-electron chi connectivity index (χ1n) is 8.57. The van der Waals surface area contributed by atoms with Gasteiger partial charge in [-0.1, -0.05) is 12.1 Å². The monoisotopic (exact) mass is 371 g/mol. The molecule has 138 valence electrons. The lowest BCUT2D eigenvalue weighted by atomic mass is 10.0. The zero-order chi connectivity index (χ0) is 19.6. The predicted molar refractivity (Wildman–Crippen MR) is 99.6 cm³/mol. The molecule has 1 nitrogen and oxygen atoms in total. The summed E-state index contributed by atoms with van der Waals surface area (Å²) >= 11 is 0. The van der Waals surface area contributed by atoms with Gasteiger partial charge in [0.1, 0.15) is 23.3 Å². The van der Waals surface area contributed by atoms with Gasteiger partial charge in [-0.3, -0.25) is 0 Å². The van der Waals surface area contributed by atoms with Gasteiger partial charge in [-0.2, -0.15) is 0 Å². The summed E-state index contributed by atoms with van der Waals surface area (Å²) in [5.74, 6) is -2.53. The van der Waals surface area contributed by atoms with Crippen molar-refractivity contribution >= 4 is 21.8 Å². The van der Waals surface area contributed by atoms with E-state index in [9.17, 15) is 8.78 Å². The van der Waals surface area contributed by atoms with E-state index >= 15 is 8.78 Å². The van der Waals surface area contributed by atoms with Crippen molar-refractivity contribution in [1.82, 2.24) is 4.57 Å². The molecule has 3 aromatic carbocycles. The van der Waals surface area contributed by atoms with E-state index in [1.54, 1.807) is 39.0 Å². The second-order valence-electron chi connectivity index (χ2n) is 7.01. The zero-order valence-electron chi connectivity index (χ0n) is 15.3. The Morgan fingerprint density at radius 3 is 2.04 bits per heavy atom. The smallest absolute Gasteiger partial charge is 0.139 e. The Bertz CT molecular complexity index is 1250. The molecule has 0 saturated carbocycles. The van der Waals surface area contributed by atoms with E-state index in [0.29, 0.717) is 27.9 Å². The Labute approximate surface area is 153 Å². The quantitative estimate of drug-likeness (QED) is 0.333. The molecule has 0 N–H and O–H groups in total. The second kappa shape index (κ2) is 5.84. The molecule has 0 saturated heterocycles. The van der Waals surface area contributed by atoms with Crippen molar-refractivity contribution in [2.24, 2.45) is 0 Å². The third-order valence-corrected chi connectivity index (χ3v) is 5.16. The average molecular weight is 371 g/mol. The van der Waals surface area contributed by atoms with Crippen LogP contribution in [-0.2, 0) is 0 Å². The molecule has 0 atom stereocenters. The lowest BCUT2D eigenvalue weighted by Gasteiger charge is -2.11. The number of aryl methyl sites for hydroxylation is 3. The average Bonchev–Trinajstić information content (AvgIpc) is 2.96. The minimum Gasteiger partial charge on any atom is -0.309 e. The fraction of sp³-hybridized carbons (Fsp3) is 0.182. The number of fused-ring (bicyclic) bond motifs is 3. The largest absolute Gasteiger partial charge is 0.309 e. The summed E-state index contributed by atoms with van der Waals surface area (Å²) in [4.78, 5) is 0. The number of rotatable bonds is 1. The molecule has 0 fully saturated rings. The van der Waals surface area contributed by atoms with E-state index in [2.05, 4.69) is 0 Å². The molecule has 0 aliphatic carbocycles. The van der Waals surface area contributed by atoms with Crippen molar-refractivity contribution < 1.29 is 17.6 Å². The molecule has 1 aromatic heterocycles. The SMILES string of the molecule is Cc1ccc(-n2c3cc(F)c(C)c(F)c3c3c(F)c(C)cc(C)c32)cc1F. The molecule has 4 rings (SSSR count). The maximum atomic E-state index is 15.0. The van der Waals surface area contributed by atoms with Gasteiger partial charge in [-0.15, -0.1) is 0 Å². The molecule has 0 aliphatic rings. The van der Waals surface area contributed by atoms with E-state index in [0.717, 1.165) is 0 Å². The van der Waals surface area contributed by atoms with Gasteiger partial charge in [0.25, 0.3) is 0 Å². The molecular formula is C22H17F4N. The first-order valence-corrected chi connectivity index (χ1v) is 8.57. The Hall–Kier alpha value is -2.82. The van der Waals surface area contributed by atoms with Gasteiger partial charge in [0.15, 0.2) is 0 Å². The molecule has 0 bridgehead atoms. The van der Waals surface area contributed by atoms with Crippen LogP contribution in [0.3, 0.4) is 0 Å². The Kier molecular flexibility index (Phi) is 3.81. The van der Waals surface area contributed by atoms with E-state index in [4.69, 9.17) is 0 Å². The van der Waals surface area contributed by atoms with E-state index in [1.165, 1.54) is 23.6 Å². The summed E-state index contributed by atoms with van der Waals surface area (Å²) in [5.41, 5.74) is 2.30. The maximum Gasteiger partial charge on any atom is 0.139 e. The summed E-state index contributed by atoms with van der Waals surface area (Å²) in [6.07, 6.45) is 0. The standard InChI is InChI=1S/C22H17F4N/c1-10-5-6-14(8-15(10)23)27-17-9-16(24)13(4)21(26)18(17)19-20(25)11(2)7-12(3)22(19)27/h5-9H,1-4H3. The summed E-state index contributed by atoms with van der Waals surface area (Å²) in [6.45, 7) is 6.32. The number of hydrogen-bond donors (Lipinski definition) is 0. The number of benzene rings is 3. The lowest BCUT2D eigenvalue weighted by molar-refractivity contribution is 0.576. The van der Waals surface area contributed by atoms with Gasteiger partial charge in [0.2, 0.25) is 0 Å². The van der Waals surface area contributed by atoms with Crippen LogP contribution in [0.4, 0.5) is 17.6 Å². The summed E-state index contributed by atoms with van der Waals surface area (Å²) in [7, 11) is 0. The molecule has 0 unspecified atom stereocenters. The van der Waals surface area contributed by atoms with Crippen LogP contribution in [0.15, 0.2) is 30.3 Å². The molecule has 5 heteroatoms. The molecule has 0 aliphatic heterocycles. The Morgan fingerprint density at radius 2 is 1.37 bits per heavy atom. The second-order valence-corrected chi connectivity index (χ2v) is 7.01. The normalized spacial score (nSPS) is 11.7. The van der Waals surface area contributed by atoms with Gasteiger partial charge < -0.3 is 4.57 Å². The molecule has 4 aromatic rings. The highest BCUT2D eigenvalue weighted by Crippen LogP contribution is 2.39. The zero-order valence-corrected chi connectivity index (χ0v) is 15.3. The van der Waals surface area contributed by atoms with E-state index < -0.39 is 23.3 Å². The van der Waals surface area contributed by atoms with Crippen molar-refractivity contribution in [3.05, 3.63) is 75.9 Å². The molecular weight excluding hydrogens is 354 g/mol. The van der Waals surface area contributed by atoms with Crippen molar-refractivity contribution in [1.29, 1.82) is 0 Å². The van der Waals surface area contributed by atoms with Gasteiger partial charge in [-0.05, 0) is 62.6 Å². The molecule has 0 amide bonds. The van der Waals surface area contributed by atoms with Gasteiger partial charge in [0, 0.05) is 22.0 Å². The maximum absolute atomic E-state index is 15.0. The van der Waals surface area contributed by atoms with Crippen molar-refractivity contribution in [3.63, 3.8) is 0 Å². The van der Waals surface area contributed by atoms with Crippen LogP contribution in [0, 0.1) is 51.0 Å². The molecule has 0 spiro atoms. The molecule has 0 radical (unpaired) electrons. The lowest BCUT2D eigenvalue weighted by Crippen LogP contribution is -1.99. The van der Waals surface area contributed by atoms with Gasteiger partial charge in [0.05, 0.1) is 11.0 Å². The van der Waals surface area contributed by atoms with Crippen LogP contribution >= 0.6 is 0 Å². The highest BCUT2D eigenvalue weighted by Gasteiger charge is 2.24. The first kappa shape index (κ1) is 17.6.